The van der Waals surface area contributed by atoms with Crippen molar-refractivity contribution in [2.75, 3.05) is 0 Å². The molecule has 4 heteroatoms. The fourth-order valence-electron chi connectivity index (χ4n) is 1.21. The number of hydrogen-bond donors (Lipinski definition) is 3. The lowest BCUT2D eigenvalue weighted by molar-refractivity contribution is 0.574. The number of aliphatic imine (C=N–C) groups is 1. The highest BCUT2D eigenvalue weighted by molar-refractivity contribution is 5.77. The van der Waals surface area contributed by atoms with Gasteiger partial charge in [0.15, 0.2) is 0 Å². The summed E-state index contributed by atoms with van der Waals surface area (Å²) in [6.45, 7) is 4.26. The van der Waals surface area contributed by atoms with Gasteiger partial charge in [-0.3, -0.25) is 5.43 Å². The molecule has 0 saturated carbocycles. The lowest BCUT2D eigenvalue weighted by atomic mass is 10.1. The average Bonchev–Trinajstić information content (AvgIpc) is 2.12. The maximum Gasteiger partial charge on any atom is 0.203 e. The number of nitrogens with zero attached hydrogens (tertiary/aromatic N) is 1. The second-order valence-corrected chi connectivity index (χ2v) is 3.36. The van der Waals surface area contributed by atoms with Crippen LogP contribution in [0, 0.1) is 0 Å². The van der Waals surface area contributed by atoms with Gasteiger partial charge in [-0.2, -0.15) is 0 Å². The van der Waals surface area contributed by atoms with Crippen molar-refractivity contribution >= 4 is 5.96 Å². The van der Waals surface area contributed by atoms with E-state index >= 15 is 0 Å². The van der Waals surface area contributed by atoms with E-state index in [9.17, 15) is 0 Å². The zero-order valence-corrected chi connectivity index (χ0v) is 8.71. The molecule has 1 atom stereocenters. The monoisotopic (exact) mass is 186 g/mol. The molecule has 0 spiro atoms. The number of rotatable bonds is 6. The zero-order valence-electron chi connectivity index (χ0n) is 8.71. The molecular formula is C9H22N4. The van der Waals surface area contributed by atoms with Crippen molar-refractivity contribution in [2.24, 2.45) is 16.6 Å². The van der Waals surface area contributed by atoms with Crippen LogP contribution in [0.4, 0.5) is 0 Å². The molecule has 0 fully saturated rings. The van der Waals surface area contributed by atoms with Gasteiger partial charge in [0, 0.05) is 0 Å². The van der Waals surface area contributed by atoms with Crippen LogP contribution in [-0.2, 0) is 0 Å². The van der Waals surface area contributed by atoms with E-state index in [1.807, 2.05) is 0 Å². The lowest BCUT2D eigenvalue weighted by Crippen LogP contribution is -2.37. The van der Waals surface area contributed by atoms with E-state index in [0.29, 0.717) is 5.96 Å². The molecule has 0 bridgehead atoms. The molecule has 0 aromatic rings. The minimum atomic E-state index is 0.271. The van der Waals surface area contributed by atoms with Crippen LogP contribution in [0.15, 0.2) is 4.99 Å². The Morgan fingerprint density at radius 2 is 2.08 bits per heavy atom. The zero-order chi connectivity index (χ0) is 10.1. The molecular weight excluding hydrogens is 164 g/mol. The maximum absolute atomic E-state index is 5.42. The Hall–Kier alpha value is -0.770. The van der Waals surface area contributed by atoms with E-state index in [1.165, 1.54) is 25.7 Å². The van der Waals surface area contributed by atoms with Crippen molar-refractivity contribution in [3.63, 3.8) is 0 Å². The van der Waals surface area contributed by atoms with Gasteiger partial charge in [-0.1, -0.05) is 32.6 Å². The Morgan fingerprint density at radius 3 is 2.62 bits per heavy atom. The molecule has 0 radical (unpaired) electrons. The highest BCUT2D eigenvalue weighted by Crippen LogP contribution is 2.07. The van der Waals surface area contributed by atoms with Crippen LogP contribution in [0.1, 0.15) is 46.0 Å². The van der Waals surface area contributed by atoms with Gasteiger partial charge < -0.3 is 5.73 Å². The van der Waals surface area contributed by atoms with Gasteiger partial charge in [-0.25, -0.2) is 10.8 Å². The predicted molar refractivity (Wildman–Crippen MR) is 57.2 cm³/mol. The first-order valence-electron chi connectivity index (χ1n) is 5.00. The molecule has 0 aliphatic rings. The number of unbranched alkanes of at least 4 members (excludes halogenated alkanes) is 3. The molecule has 0 aliphatic heterocycles. The normalized spacial score (nSPS) is 14.2. The van der Waals surface area contributed by atoms with Crippen molar-refractivity contribution in [3.05, 3.63) is 0 Å². The van der Waals surface area contributed by atoms with Crippen LogP contribution in [0.2, 0.25) is 0 Å². The standard InChI is InChI=1S/C9H22N4/c1-3-4-5-6-7-8(2)12-9(10)13-11/h8H,3-7,11H2,1-2H3,(H3,10,12,13). The van der Waals surface area contributed by atoms with Crippen molar-refractivity contribution < 1.29 is 0 Å². The third kappa shape index (κ3) is 7.59. The van der Waals surface area contributed by atoms with Crippen LogP contribution in [-0.4, -0.2) is 12.0 Å². The summed E-state index contributed by atoms with van der Waals surface area (Å²) in [7, 11) is 0. The Balaban J connectivity index is 3.45. The summed E-state index contributed by atoms with van der Waals surface area (Å²) in [6, 6.07) is 0.271. The van der Waals surface area contributed by atoms with E-state index in [1.54, 1.807) is 0 Å². The number of nitrogens with one attached hydrogen (secondary N) is 1. The molecule has 0 saturated heterocycles. The van der Waals surface area contributed by atoms with Gasteiger partial charge >= 0.3 is 0 Å². The van der Waals surface area contributed by atoms with Crippen LogP contribution < -0.4 is 17.0 Å². The SMILES string of the molecule is CCCCCCC(C)N=C(N)NN. The maximum atomic E-state index is 5.42. The molecule has 0 rings (SSSR count). The fraction of sp³-hybridized carbons (Fsp3) is 0.889. The predicted octanol–water partition coefficient (Wildman–Crippen LogP) is 1.12. The Morgan fingerprint density at radius 1 is 1.38 bits per heavy atom. The molecule has 0 amide bonds. The summed E-state index contributed by atoms with van der Waals surface area (Å²) in [5, 5.41) is 0. The molecule has 4 nitrogen and oxygen atoms in total. The summed E-state index contributed by atoms with van der Waals surface area (Å²) in [5.74, 6) is 5.41. The minimum absolute atomic E-state index is 0.271. The van der Waals surface area contributed by atoms with Crippen molar-refractivity contribution in [3.8, 4) is 0 Å². The van der Waals surface area contributed by atoms with Gasteiger partial charge in [0.1, 0.15) is 0 Å². The number of nitrogens with two attached hydrogens (primary N) is 2. The van der Waals surface area contributed by atoms with Crippen LogP contribution in [0.25, 0.3) is 0 Å². The van der Waals surface area contributed by atoms with Gasteiger partial charge in [-0.15, -0.1) is 0 Å². The van der Waals surface area contributed by atoms with Crippen LogP contribution >= 0.6 is 0 Å². The highest BCUT2D eigenvalue weighted by atomic mass is 15.3. The van der Waals surface area contributed by atoms with E-state index in [2.05, 4.69) is 24.3 Å². The largest absolute Gasteiger partial charge is 0.369 e. The van der Waals surface area contributed by atoms with Crippen LogP contribution in [0.3, 0.4) is 0 Å². The van der Waals surface area contributed by atoms with Crippen molar-refractivity contribution in [1.29, 1.82) is 0 Å². The Bertz CT molecular complexity index is 145. The number of hydrogen-bond acceptors (Lipinski definition) is 2. The summed E-state index contributed by atoms with van der Waals surface area (Å²) in [4.78, 5) is 4.15. The van der Waals surface area contributed by atoms with Crippen molar-refractivity contribution in [1.82, 2.24) is 5.43 Å². The van der Waals surface area contributed by atoms with E-state index < -0.39 is 0 Å². The highest BCUT2D eigenvalue weighted by Gasteiger charge is 1.99. The fourth-order valence-corrected chi connectivity index (χ4v) is 1.21. The second-order valence-electron chi connectivity index (χ2n) is 3.36. The third-order valence-corrected chi connectivity index (χ3v) is 1.98. The van der Waals surface area contributed by atoms with E-state index in [4.69, 9.17) is 11.6 Å². The first kappa shape index (κ1) is 12.2. The first-order valence-corrected chi connectivity index (χ1v) is 5.00. The number of hydrazine groups is 1. The first-order chi connectivity index (χ1) is 6.20. The summed E-state index contributed by atoms with van der Waals surface area (Å²) < 4.78 is 0. The Labute approximate surface area is 80.8 Å². The van der Waals surface area contributed by atoms with Gasteiger partial charge in [0.2, 0.25) is 5.96 Å². The molecule has 1 unspecified atom stereocenters. The summed E-state index contributed by atoms with van der Waals surface area (Å²) in [6.07, 6.45) is 6.16. The molecule has 13 heavy (non-hydrogen) atoms. The quantitative estimate of drug-likeness (QED) is 0.191. The molecule has 78 valence electrons. The van der Waals surface area contributed by atoms with E-state index in [-0.39, 0.29) is 6.04 Å². The summed E-state index contributed by atoms with van der Waals surface area (Å²) >= 11 is 0. The minimum Gasteiger partial charge on any atom is -0.369 e. The second kappa shape index (κ2) is 7.86. The van der Waals surface area contributed by atoms with Crippen molar-refractivity contribution in [2.45, 2.75) is 52.0 Å². The van der Waals surface area contributed by atoms with Gasteiger partial charge in [0.25, 0.3) is 0 Å². The summed E-state index contributed by atoms with van der Waals surface area (Å²) in [5.41, 5.74) is 7.74. The topological polar surface area (TPSA) is 76.4 Å². The molecule has 0 aliphatic carbocycles. The van der Waals surface area contributed by atoms with Gasteiger partial charge in [0.05, 0.1) is 6.04 Å². The molecule has 0 aromatic carbocycles. The number of guanidine groups is 1. The molecule has 5 N–H and O–H groups in total. The smallest absolute Gasteiger partial charge is 0.203 e. The third-order valence-electron chi connectivity index (χ3n) is 1.98. The van der Waals surface area contributed by atoms with Gasteiger partial charge in [-0.05, 0) is 13.3 Å². The lowest BCUT2D eigenvalue weighted by Gasteiger charge is -2.07. The molecule has 0 heterocycles. The average molecular weight is 186 g/mol. The van der Waals surface area contributed by atoms with E-state index in [0.717, 1.165) is 6.42 Å². The van der Waals surface area contributed by atoms with Crippen LogP contribution in [0.5, 0.6) is 0 Å². The molecule has 0 aromatic heterocycles. The Kier molecular flexibility index (Phi) is 7.39.